The Kier molecular flexibility index (Phi) is 6.64. The number of halogens is 4. The number of amides is 2. The quantitative estimate of drug-likeness (QED) is 0.556. The van der Waals surface area contributed by atoms with E-state index in [1.54, 1.807) is 6.07 Å². The second kappa shape index (κ2) is 9.19. The summed E-state index contributed by atoms with van der Waals surface area (Å²) in [5.74, 6) is -1.82. The molecular weight excluding hydrogens is 435 g/mol. The van der Waals surface area contributed by atoms with Gasteiger partial charge in [-0.05, 0) is 35.9 Å². The van der Waals surface area contributed by atoms with Crippen molar-refractivity contribution in [3.05, 3.63) is 82.0 Å². The third-order valence-corrected chi connectivity index (χ3v) is 4.83. The summed E-state index contributed by atoms with van der Waals surface area (Å²) in [6.45, 7) is 1.30. The summed E-state index contributed by atoms with van der Waals surface area (Å²) in [6.07, 6.45) is 1.25. The minimum atomic E-state index is -0.610. The molecule has 154 valence electrons. The summed E-state index contributed by atoms with van der Waals surface area (Å²) in [4.78, 5) is 29.9. The van der Waals surface area contributed by atoms with Crippen molar-refractivity contribution < 1.29 is 18.4 Å². The summed E-state index contributed by atoms with van der Waals surface area (Å²) >= 11 is 12.0. The average molecular weight is 450 g/mol. The molecule has 2 aromatic carbocycles. The standard InChI is InChI=1S/C21H15Cl2F2N3O2/c1-12(29)28(18-6-5-14(24)10-16(18)22)19-11-15(7-8-26-19)27-20(30)9-13-3-2-4-17(25)21(13)23/h2-8,10-11H,9H2,1H3,(H,26,27,30). The molecule has 0 radical (unpaired) electrons. The van der Waals surface area contributed by atoms with Gasteiger partial charge in [-0.15, -0.1) is 0 Å². The normalized spacial score (nSPS) is 10.6. The van der Waals surface area contributed by atoms with E-state index in [0.717, 1.165) is 6.07 Å². The van der Waals surface area contributed by atoms with E-state index < -0.39 is 23.4 Å². The van der Waals surface area contributed by atoms with Crippen LogP contribution in [-0.2, 0) is 16.0 Å². The maximum Gasteiger partial charge on any atom is 0.229 e. The van der Waals surface area contributed by atoms with Crippen molar-refractivity contribution in [3.8, 4) is 0 Å². The van der Waals surface area contributed by atoms with Crippen LogP contribution in [0.3, 0.4) is 0 Å². The zero-order valence-corrected chi connectivity index (χ0v) is 17.1. The van der Waals surface area contributed by atoms with Crippen molar-refractivity contribution in [2.75, 3.05) is 10.2 Å². The lowest BCUT2D eigenvalue weighted by molar-refractivity contribution is -0.116. The third kappa shape index (κ3) is 4.93. The number of pyridine rings is 1. The summed E-state index contributed by atoms with van der Waals surface area (Å²) in [5.41, 5.74) is 0.932. The van der Waals surface area contributed by atoms with Gasteiger partial charge < -0.3 is 5.32 Å². The molecule has 0 unspecified atom stereocenters. The fraction of sp³-hybridized carbons (Fsp3) is 0.0952. The predicted molar refractivity (Wildman–Crippen MR) is 112 cm³/mol. The molecule has 30 heavy (non-hydrogen) atoms. The molecule has 5 nitrogen and oxygen atoms in total. The molecule has 0 atom stereocenters. The van der Waals surface area contributed by atoms with Crippen LogP contribution >= 0.6 is 23.2 Å². The number of nitrogens with zero attached hydrogens (tertiary/aromatic N) is 2. The van der Waals surface area contributed by atoms with Gasteiger partial charge in [0.05, 0.1) is 22.2 Å². The van der Waals surface area contributed by atoms with E-state index in [1.165, 1.54) is 54.4 Å². The summed E-state index contributed by atoms with van der Waals surface area (Å²) in [5, 5.41) is 2.57. The van der Waals surface area contributed by atoms with Gasteiger partial charge in [-0.1, -0.05) is 35.3 Å². The Balaban J connectivity index is 1.84. The van der Waals surface area contributed by atoms with Gasteiger partial charge in [0, 0.05) is 24.9 Å². The first-order valence-corrected chi connectivity index (χ1v) is 9.46. The fourth-order valence-corrected chi connectivity index (χ4v) is 3.24. The van der Waals surface area contributed by atoms with E-state index in [9.17, 15) is 18.4 Å². The largest absolute Gasteiger partial charge is 0.326 e. The zero-order valence-electron chi connectivity index (χ0n) is 15.6. The number of hydrogen-bond donors (Lipinski definition) is 1. The van der Waals surface area contributed by atoms with E-state index in [1.807, 2.05) is 0 Å². The average Bonchev–Trinajstić information content (AvgIpc) is 2.67. The number of anilines is 3. The molecule has 0 aliphatic carbocycles. The van der Waals surface area contributed by atoms with E-state index in [4.69, 9.17) is 23.2 Å². The SMILES string of the molecule is CC(=O)N(c1cc(NC(=O)Cc2cccc(F)c2Cl)ccn1)c1ccc(F)cc1Cl. The van der Waals surface area contributed by atoms with Gasteiger partial charge in [0.25, 0.3) is 0 Å². The summed E-state index contributed by atoms with van der Waals surface area (Å²) < 4.78 is 26.9. The van der Waals surface area contributed by atoms with Gasteiger partial charge in [0.15, 0.2) is 0 Å². The Labute approximate surface area is 181 Å². The van der Waals surface area contributed by atoms with Crippen LogP contribution in [0.4, 0.5) is 26.0 Å². The van der Waals surface area contributed by atoms with Crippen molar-refractivity contribution in [1.82, 2.24) is 4.98 Å². The molecule has 3 rings (SSSR count). The van der Waals surface area contributed by atoms with Gasteiger partial charge in [-0.3, -0.25) is 14.5 Å². The van der Waals surface area contributed by atoms with Crippen molar-refractivity contribution in [1.29, 1.82) is 0 Å². The van der Waals surface area contributed by atoms with E-state index in [2.05, 4.69) is 10.3 Å². The highest BCUT2D eigenvalue weighted by Crippen LogP contribution is 2.32. The first-order chi connectivity index (χ1) is 14.3. The zero-order chi connectivity index (χ0) is 21.8. The highest BCUT2D eigenvalue weighted by Gasteiger charge is 2.19. The molecule has 0 fully saturated rings. The van der Waals surface area contributed by atoms with Crippen LogP contribution in [0, 0.1) is 11.6 Å². The minimum absolute atomic E-state index is 0.0298. The number of aromatic nitrogens is 1. The lowest BCUT2D eigenvalue weighted by Gasteiger charge is -2.22. The molecule has 1 N–H and O–H groups in total. The topological polar surface area (TPSA) is 62.3 Å². The van der Waals surface area contributed by atoms with E-state index in [-0.39, 0.29) is 28.0 Å². The smallest absolute Gasteiger partial charge is 0.229 e. The molecule has 1 aromatic heterocycles. The summed E-state index contributed by atoms with van der Waals surface area (Å²) in [7, 11) is 0. The first-order valence-electron chi connectivity index (χ1n) is 8.71. The highest BCUT2D eigenvalue weighted by atomic mass is 35.5. The molecule has 0 spiro atoms. The van der Waals surface area contributed by atoms with Gasteiger partial charge in [0.1, 0.15) is 17.5 Å². The second-order valence-corrected chi connectivity index (χ2v) is 7.08. The molecule has 0 aliphatic heterocycles. The Hall–Kier alpha value is -3.03. The molecule has 0 bridgehead atoms. The number of rotatable bonds is 5. The third-order valence-electron chi connectivity index (χ3n) is 4.11. The second-order valence-electron chi connectivity index (χ2n) is 6.29. The van der Waals surface area contributed by atoms with Crippen LogP contribution in [-0.4, -0.2) is 16.8 Å². The van der Waals surface area contributed by atoms with Crippen LogP contribution < -0.4 is 10.2 Å². The maximum absolute atomic E-state index is 13.5. The van der Waals surface area contributed by atoms with Gasteiger partial charge >= 0.3 is 0 Å². The molecule has 9 heteroatoms. The Morgan fingerprint density at radius 3 is 2.57 bits per heavy atom. The minimum Gasteiger partial charge on any atom is -0.326 e. The molecular formula is C21H15Cl2F2N3O2. The lowest BCUT2D eigenvalue weighted by atomic mass is 10.1. The Morgan fingerprint density at radius 2 is 1.87 bits per heavy atom. The number of carbonyl (C=O) groups is 2. The lowest BCUT2D eigenvalue weighted by Crippen LogP contribution is -2.24. The first kappa shape index (κ1) is 21.7. The van der Waals surface area contributed by atoms with Crippen LogP contribution in [0.5, 0.6) is 0 Å². The van der Waals surface area contributed by atoms with Crippen LogP contribution in [0.1, 0.15) is 12.5 Å². The molecule has 2 amide bonds. The highest BCUT2D eigenvalue weighted by molar-refractivity contribution is 6.34. The van der Waals surface area contributed by atoms with Crippen molar-refractivity contribution >= 4 is 52.2 Å². The van der Waals surface area contributed by atoms with Crippen LogP contribution in [0.25, 0.3) is 0 Å². The number of benzene rings is 2. The Bertz CT molecular complexity index is 1130. The van der Waals surface area contributed by atoms with Crippen molar-refractivity contribution in [2.45, 2.75) is 13.3 Å². The maximum atomic E-state index is 13.5. The monoisotopic (exact) mass is 449 g/mol. The van der Waals surface area contributed by atoms with Crippen molar-refractivity contribution in [3.63, 3.8) is 0 Å². The van der Waals surface area contributed by atoms with Crippen molar-refractivity contribution in [2.24, 2.45) is 0 Å². The summed E-state index contributed by atoms with van der Waals surface area (Å²) in [6, 6.07) is 10.8. The predicted octanol–water partition coefficient (Wildman–Crippen LogP) is 5.53. The fourth-order valence-electron chi connectivity index (χ4n) is 2.80. The number of carbonyl (C=O) groups excluding carboxylic acids is 2. The van der Waals surface area contributed by atoms with Crippen LogP contribution in [0.15, 0.2) is 54.7 Å². The van der Waals surface area contributed by atoms with Crippen LogP contribution in [0.2, 0.25) is 10.0 Å². The molecule has 1 heterocycles. The molecule has 0 aliphatic rings. The number of hydrogen-bond acceptors (Lipinski definition) is 3. The van der Waals surface area contributed by atoms with Gasteiger partial charge in [-0.2, -0.15) is 0 Å². The van der Waals surface area contributed by atoms with E-state index in [0.29, 0.717) is 11.3 Å². The Morgan fingerprint density at radius 1 is 1.10 bits per heavy atom. The molecule has 3 aromatic rings. The van der Waals surface area contributed by atoms with Gasteiger partial charge in [-0.25, -0.2) is 13.8 Å². The molecule has 0 saturated carbocycles. The van der Waals surface area contributed by atoms with Gasteiger partial charge in [0.2, 0.25) is 11.8 Å². The van der Waals surface area contributed by atoms with E-state index >= 15 is 0 Å². The number of nitrogens with one attached hydrogen (secondary N) is 1. The molecule has 0 saturated heterocycles.